The molecule has 0 saturated heterocycles. The number of nitriles is 1. The Morgan fingerprint density at radius 3 is 2.58 bits per heavy atom. The molecular formula is C34H26Cl2N2O7. The maximum absolute atomic E-state index is 12.9. The van der Waals surface area contributed by atoms with Gasteiger partial charge < -0.3 is 34.2 Å². The number of hydrogen-bond donors (Lipinski definition) is 1. The third kappa shape index (κ3) is 6.29. The van der Waals surface area contributed by atoms with Gasteiger partial charge in [-0.1, -0.05) is 53.5 Å². The Labute approximate surface area is 269 Å². The molecular weight excluding hydrogens is 619 g/mol. The molecule has 4 aromatic rings. The fourth-order valence-corrected chi connectivity index (χ4v) is 5.51. The standard InChI is InChI=1S/C34H26Cl2N2O7/c1-2-40-30-13-19(8-12-27(30)41-17-20-7-9-21(35)14-25(20)36)32-23-11-10-22(15-29(23)45-33(38)24(32)16-37)43-34(39)31-18-42-26-5-3-4-6-28(26)44-31/h3-15,31-32H,2,17-18,38H2,1H3. The molecule has 228 valence electrons. The highest BCUT2D eigenvalue weighted by Gasteiger charge is 2.33. The second-order valence-electron chi connectivity index (χ2n) is 10.1. The quantitative estimate of drug-likeness (QED) is 0.161. The maximum Gasteiger partial charge on any atom is 0.356 e. The van der Waals surface area contributed by atoms with Crippen LogP contribution in [0.3, 0.4) is 0 Å². The summed E-state index contributed by atoms with van der Waals surface area (Å²) in [5, 5.41) is 11.1. The molecule has 0 saturated carbocycles. The number of nitrogens with zero attached hydrogens (tertiary/aromatic N) is 1. The Balaban J connectivity index is 1.25. The summed E-state index contributed by atoms with van der Waals surface area (Å²) >= 11 is 12.3. The third-order valence-corrected chi connectivity index (χ3v) is 7.77. The smallest absolute Gasteiger partial charge is 0.356 e. The van der Waals surface area contributed by atoms with Crippen LogP contribution in [0.5, 0.6) is 34.5 Å². The van der Waals surface area contributed by atoms with Crippen molar-refractivity contribution in [2.24, 2.45) is 5.73 Å². The summed E-state index contributed by atoms with van der Waals surface area (Å²) in [4.78, 5) is 12.9. The highest BCUT2D eigenvalue weighted by atomic mass is 35.5. The summed E-state index contributed by atoms with van der Waals surface area (Å²) < 4.78 is 34.8. The molecule has 2 unspecified atom stereocenters. The molecule has 45 heavy (non-hydrogen) atoms. The van der Waals surface area contributed by atoms with Gasteiger partial charge in [0.2, 0.25) is 12.0 Å². The van der Waals surface area contributed by atoms with Crippen LogP contribution in [0.4, 0.5) is 0 Å². The zero-order valence-electron chi connectivity index (χ0n) is 23.9. The zero-order chi connectivity index (χ0) is 31.5. The number of nitrogens with two attached hydrogens (primary N) is 1. The average molecular weight is 645 g/mol. The van der Waals surface area contributed by atoms with Gasteiger partial charge in [0.25, 0.3) is 0 Å². The minimum atomic E-state index is -0.951. The molecule has 0 amide bonds. The number of fused-ring (bicyclic) bond motifs is 2. The first-order valence-corrected chi connectivity index (χ1v) is 14.8. The van der Waals surface area contributed by atoms with Gasteiger partial charge in [-0.3, -0.25) is 0 Å². The minimum absolute atomic E-state index is 0.00912. The van der Waals surface area contributed by atoms with Crippen LogP contribution in [0, 0.1) is 11.3 Å². The highest BCUT2D eigenvalue weighted by Crippen LogP contribution is 2.45. The Bertz CT molecular complexity index is 1850. The molecule has 2 N–H and O–H groups in total. The Morgan fingerprint density at radius 2 is 1.80 bits per heavy atom. The van der Waals surface area contributed by atoms with Crippen LogP contribution in [0.2, 0.25) is 10.0 Å². The van der Waals surface area contributed by atoms with Crippen molar-refractivity contribution in [2.45, 2.75) is 25.6 Å². The van der Waals surface area contributed by atoms with Gasteiger partial charge in [0.1, 0.15) is 36.4 Å². The van der Waals surface area contributed by atoms with E-state index in [0.29, 0.717) is 51.0 Å². The Hall–Kier alpha value is -5.04. The Kier molecular flexibility index (Phi) is 8.60. The number of benzene rings is 4. The molecule has 0 aliphatic carbocycles. The molecule has 2 aliphatic heterocycles. The number of para-hydroxylation sites is 2. The van der Waals surface area contributed by atoms with Crippen molar-refractivity contribution >= 4 is 29.2 Å². The molecule has 2 aliphatic rings. The summed E-state index contributed by atoms with van der Waals surface area (Å²) in [5.74, 6) is 1.26. The normalized spacial score (nSPS) is 16.6. The number of carbonyl (C=O) groups is 1. The van der Waals surface area contributed by atoms with Crippen LogP contribution in [0.25, 0.3) is 0 Å². The van der Waals surface area contributed by atoms with Gasteiger partial charge in [0, 0.05) is 27.2 Å². The fraction of sp³-hybridized carbons (Fsp3) is 0.176. The minimum Gasteiger partial charge on any atom is -0.490 e. The molecule has 0 spiro atoms. The molecule has 11 heteroatoms. The van der Waals surface area contributed by atoms with E-state index in [1.54, 1.807) is 66.7 Å². The predicted octanol–water partition coefficient (Wildman–Crippen LogP) is 6.93. The molecule has 2 heterocycles. The van der Waals surface area contributed by atoms with Crippen LogP contribution < -0.4 is 34.2 Å². The number of hydrogen-bond acceptors (Lipinski definition) is 9. The maximum atomic E-state index is 12.9. The lowest BCUT2D eigenvalue weighted by molar-refractivity contribution is -0.144. The summed E-state index contributed by atoms with van der Waals surface area (Å²) in [7, 11) is 0. The second kappa shape index (κ2) is 12.9. The van der Waals surface area contributed by atoms with Crippen molar-refractivity contribution in [3.05, 3.63) is 117 Å². The van der Waals surface area contributed by atoms with E-state index in [1.807, 2.05) is 19.1 Å². The van der Waals surface area contributed by atoms with E-state index < -0.39 is 18.0 Å². The van der Waals surface area contributed by atoms with E-state index in [4.69, 9.17) is 57.4 Å². The van der Waals surface area contributed by atoms with Gasteiger partial charge in [-0.25, -0.2) is 4.79 Å². The number of rotatable bonds is 8. The van der Waals surface area contributed by atoms with Gasteiger partial charge >= 0.3 is 5.97 Å². The lowest BCUT2D eigenvalue weighted by atomic mass is 9.83. The number of ether oxygens (including phenoxy) is 6. The topological polar surface area (TPSA) is 122 Å². The molecule has 0 fully saturated rings. The van der Waals surface area contributed by atoms with Gasteiger partial charge in [-0.15, -0.1) is 0 Å². The first-order chi connectivity index (χ1) is 21.8. The van der Waals surface area contributed by atoms with E-state index in [2.05, 4.69) is 6.07 Å². The van der Waals surface area contributed by atoms with Crippen molar-refractivity contribution in [1.29, 1.82) is 5.26 Å². The fourth-order valence-electron chi connectivity index (χ4n) is 5.05. The number of carbonyl (C=O) groups excluding carboxylic acids is 1. The zero-order valence-corrected chi connectivity index (χ0v) is 25.4. The first-order valence-electron chi connectivity index (χ1n) is 14.0. The molecule has 2 atom stereocenters. The van der Waals surface area contributed by atoms with E-state index in [1.165, 1.54) is 0 Å². The van der Waals surface area contributed by atoms with Gasteiger partial charge in [-0.05, 0) is 55.0 Å². The van der Waals surface area contributed by atoms with E-state index in [-0.39, 0.29) is 30.4 Å². The molecule has 0 radical (unpaired) electrons. The number of halogens is 2. The molecule has 0 bridgehead atoms. The lowest BCUT2D eigenvalue weighted by Crippen LogP contribution is -2.39. The van der Waals surface area contributed by atoms with Crippen molar-refractivity contribution in [2.75, 3.05) is 13.2 Å². The Morgan fingerprint density at radius 1 is 0.978 bits per heavy atom. The van der Waals surface area contributed by atoms with Gasteiger partial charge in [0.15, 0.2) is 23.0 Å². The van der Waals surface area contributed by atoms with Crippen LogP contribution in [0.1, 0.15) is 29.5 Å². The summed E-state index contributed by atoms with van der Waals surface area (Å²) in [6, 6.07) is 24.8. The average Bonchev–Trinajstić information content (AvgIpc) is 3.04. The summed E-state index contributed by atoms with van der Waals surface area (Å²) in [6.45, 7) is 2.44. The van der Waals surface area contributed by atoms with Gasteiger partial charge in [-0.2, -0.15) is 5.26 Å². The highest BCUT2D eigenvalue weighted by molar-refractivity contribution is 6.35. The van der Waals surface area contributed by atoms with Gasteiger partial charge in [0.05, 0.1) is 12.5 Å². The van der Waals surface area contributed by atoms with Crippen molar-refractivity contribution < 1.29 is 33.2 Å². The second-order valence-corrected chi connectivity index (χ2v) is 10.9. The molecule has 0 aromatic heterocycles. The van der Waals surface area contributed by atoms with Crippen molar-refractivity contribution in [1.82, 2.24) is 0 Å². The SMILES string of the molecule is CCOc1cc(C2C(C#N)=C(N)Oc3cc(OC(=O)C4COc5ccccc5O4)ccc32)ccc1OCc1ccc(Cl)cc1Cl. The van der Waals surface area contributed by atoms with Crippen LogP contribution in [-0.4, -0.2) is 25.3 Å². The monoisotopic (exact) mass is 644 g/mol. The molecule has 4 aromatic carbocycles. The summed E-state index contributed by atoms with van der Waals surface area (Å²) in [6.07, 6.45) is -0.951. The largest absolute Gasteiger partial charge is 0.490 e. The van der Waals surface area contributed by atoms with E-state index in [9.17, 15) is 10.1 Å². The van der Waals surface area contributed by atoms with Crippen molar-refractivity contribution in [3.63, 3.8) is 0 Å². The van der Waals surface area contributed by atoms with Crippen LogP contribution in [-0.2, 0) is 11.4 Å². The van der Waals surface area contributed by atoms with Crippen LogP contribution >= 0.6 is 23.2 Å². The lowest BCUT2D eigenvalue weighted by Gasteiger charge is -2.28. The van der Waals surface area contributed by atoms with E-state index in [0.717, 1.165) is 11.1 Å². The van der Waals surface area contributed by atoms with E-state index >= 15 is 0 Å². The predicted molar refractivity (Wildman–Crippen MR) is 166 cm³/mol. The van der Waals surface area contributed by atoms with Crippen molar-refractivity contribution in [3.8, 4) is 40.6 Å². The number of esters is 1. The third-order valence-electron chi connectivity index (χ3n) is 7.18. The first kappa shape index (κ1) is 30.0. The number of allylic oxidation sites excluding steroid dienone is 1. The van der Waals surface area contributed by atoms with Crippen LogP contribution in [0.15, 0.2) is 90.3 Å². The molecule has 6 rings (SSSR count). The molecule has 9 nitrogen and oxygen atoms in total. The summed E-state index contributed by atoms with van der Waals surface area (Å²) in [5.41, 5.74) is 8.57.